The summed E-state index contributed by atoms with van der Waals surface area (Å²) >= 11 is 1.69. The van der Waals surface area contributed by atoms with E-state index in [1.807, 2.05) is 30.3 Å². The lowest BCUT2D eigenvalue weighted by Gasteiger charge is -2.01. The SMILES string of the molecule is COCCCSCC(=O)Cc1ccccc1. The lowest BCUT2D eigenvalue weighted by molar-refractivity contribution is -0.116. The van der Waals surface area contributed by atoms with Crippen molar-refractivity contribution in [1.29, 1.82) is 0 Å². The Kier molecular flexibility index (Phi) is 6.93. The van der Waals surface area contributed by atoms with Gasteiger partial charge in [0.1, 0.15) is 5.78 Å². The largest absolute Gasteiger partial charge is 0.385 e. The normalized spacial score (nSPS) is 10.3. The van der Waals surface area contributed by atoms with Crippen molar-refractivity contribution in [3.8, 4) is 0 Å². The van der Waals surface area contributed by atoms with Crippen molar-refractivity contribution in [1.82, 2.24) is 0 Å². The quantitative estimate of drug-likeness (QED) is 0.651. The lowest BCUT2D eigenvalue weighted by atomic mass is 10.1. The molecule has 0 N–H and O–H groups in total. The third-order valence-electron chi connectivity index (χ3n) is 2.14. The average Bonchev–Trinajstić information content (AvgIpc) is 2.30. The number of thioether (sulfide) groups is 1. The summed E-state index contributed by atoms with van der Waals surface area (Å²) in [6.45, 7) is 0.778. The highest BCUT2D eigenvalue weighted by molar-refractivity contribution is 7.99. The molecule has 0 aliphatic carbocycles. The summed E-state index contributed by atoms with van der Waals surface area (Å²) in [6.07, 6.45) is 1.57. The molecule has 88 valence electrons. The number of carbonyl (C=O) groups is 1. The minimum atomic E-state index is 0.300. The molecule has 0 bridgehead atoms. The van der Waals surface area contributed by atoms with Gasteiger partial charge in [0, 0.05) is 20.1 Å². The fourth-order valence-electron chi connectivity index (χ4n) is 1.37. The summed E-state index contributed by atoms with van der Waals surface area (Å²) < 4.78 is 4.95. The smallest absolute Gasteiger partial charge is 0.147 e. The van der Waals surface area contributed by atoms with E-state index in [1.165, 1.54) is 0 Å². The van der Waals surface area contributed by atoms with Crippen molar-refractivity contribution < 1.29 is 9.53 Å². The van der Waals surface area contributed by atoms with Gasteiger partial charge in [0.15, 0.2) is 0 Å². The Morgan fingerprint density at radius 1 is 1.31 bits per heavy atom. The maximum atomic E-state index is 11.6. The summed E-state index contributed by atoms with van der Waals surface area (Å²) in [6, 6.07) is 9.89. The van der Waals surface area contributed by atoms with E-state index in [9.17, 15) is 4.79 Å². The first kappa shape index (κ1) is 13.3. The number of hydrogen-bond acceptors (Lipinski definition) is 3. The third kappa shape index (κ3) is 5.93. The summed E-state index contributed by atoms with van der Waals surface area (Å²) in [5.74, 6) is 1.90. The van der Waals surface area contributed by atoms with Crippen LogP contribution in [0, 0.1) is 0 Å². The summed E-state index contributed by atoms with van der Waals surface area (Å²) in [7, 11) is 1.70. The van der Waals surface area contributed by atoms with Gasteiger partial charge in [0.25, 0.3) is 0 Å². The number of methoxy groups -OCH3 is 1. The van der Waals surface area contributed by atoms with Crippen LogP contribution in [0.5, 0.6) is 0 Å². The Labute approximate surface area is 101 Å². The maximum Gasteiger partial charge on any atom is 0.147 e. The molecular formula is C13H18O2S. The highest BCUT2D eigenvalue weighted by atomic mass is 32.2. The van der Waals surface area contributed by atoms with Crippen molar-refractivity contribution in [2.45, 2.75) is 12.8 Å². The molecule has 1 aromatic carbocycles. The van der Waals surface area contributed by atoms with E-state index in [1.54, 1.807) is 18.9 Å². The van der Waals surface area contributed by atoms with Gasteiger partial charge < -0.3 is 4.74 Å². The Bertz CT molecular complexity index is 298. The van der Waals surface area contributed by atoms with E-state index in [-0.39, 0.29) is 0 Å². The first-order chi connectivity index (χ1) is 7.83. The molecule has 0 aliphatic rings. The van der Waals surface area contributed by atoms with Gasteiger partial charge in [-0.05, 0) is 17.7 Å². The topological polar surface area (TPSA) is 26.3 Å². The molecular weight excluding hydrogens is 220 g/mol. The fraction of sp³-hybridized carbons (Fsp3) is 0.462. The van der Waals surface area contributed by atoms with Crippen molar-refractivity contribution in [3.05, 3.63) is 35.9 Å². The van der Waals surface area contributed by atoms with E-state index in [0.29, 0.717) is 18.0 Å². The lowest BCUT2D eigenvalue weighted by Crippen LogP contribution is -2.06. The maximum absolute atomic E-state index is 11.6. The van der Waals surface area contributed by atoms with Crippen LogP contribution in [-0.2, 0) is 16.0 Å². The zero-order valence-corrected chi connectivity index (χ0v) is 10.5. The van der Waals surface area contributed by atoms with Crippen LogP contribution in [0.15, 0.2) is 30.3 Å². The monoisotopic (exact) mass is 238 g/mol. The first-order valence-electron chi connectivity index (χ1n) is 5.45. The molecule has 0 amide bonds. The molecule has 0 saturated heterocycles. The highest BCUT2D eigenvalue weighted by Gasteiger charge is 2.03. The van der Waals surface area contributed by atoms with Crippen LogP contribution in [0.25, 0.3) is 0 Å². The molecule has 1 rings (SSSR count). The van der Waals surface area contributed by atoms with Crippen molar-refractivity contribution in [2.24, 2.45) is 0 Å². The number of carbonyl (C=O) groups excluding carboxylic acids is 1. The van der Waals surface area contributed by atoms with E-state index in [0.717, 1.165) is 24.3 Å². The van der Waals surface area contributed by atoms with Crippen molar-refractivity contribution in [2.75, 3.05) is 25.2 Å². The zero-order chi connectivity index (χ0) is 11.6. The Hall–Kier alpha value is -0.800. The van der Waals surface area contributed by atoms with Gasteiger partial charge in [-0.2, -0.15) is 11.8 Å². The van der Waals surface area contributed by atoms with Gasteiger partial charge in [-0.3, -0.25) is 4.79 Å². The molecule has 0 aromatic heterocycles. The molecule has 0 radical (unpaired) electrons. The van der Waals surface area contributed by atoms with Crippen LogP contribution >= 0.6 is 11.8 Å². The number of ether oxygens (including phenoxy) is 1. The zero-order valence-electron chi connectivity index (χ0n) is 9.65. The van der Waals surface area contributed by atoms with Gasteiger partial charge in [-0.15, -0.1) is 0 Å². The molecule has 3 heteroatoms. The van der Waals surface area contributed by atoms with Crippen LogP contribution in [0.3, 0.4) is 0 Å². The molecule has 16 heavy (non-hydrogen) atoms. The van der Waals surface area contributed by atoms with Crippen molar-refractivity contribution >= 4 is 17.5 Å². The number of ketones is 1. The number of hydrogen-bond donors (Lipinski definition) is 0. The third-order valence-corrected chi connectivity index (χ3v) is 3.25. The predicted octanol–water partition coefficient (Wildman–Crippen LogP) is 2.57. The Morgan fingerprint density at radius 2 is 2.06 bits per heavy atom. The van der Waals surface area contributed by atoms with Gasteiger partial charge in [0.05, 0.1) is 5.75 Å². The van der Waals surface area contributed by atoms with E-state index in [2.05, 4.69) is 0 Å². The van der Waals surface area contributed by atoms with Crippen LogP contribution in [0.2, 0.25) is 0 Å². The number of Topliss-reactive ketones (excluding diaryl/α,β-unsaturated/α-hetero) is 1. The van der Waals surface area contributed by atoms with Gasteiger partial charge in [0.2, 0.25) is 0 Å². The van der Waals surface area contributed by atoms with Crippen molar-refractivity contribution in [3.63, 3.8) is 0 Å². The van der Waals surface area contributed by atoms with Crippen LogP contribution in [0.1, 0.15) is 12.0 Å². The predicted molar refractivity (Wildman–Crippen MR) is 69.0 cm³/mol. The minimum Gasteiger partial charge on any atom is -0.385 e. The first-order valence-corrected chi connectivity index (χ1v) is 6.60. The summed E-state index contributed by atoms with van der Waals surface area (Å²) in [4.78, 5) is 11.6. The van der Waals surface area contributed by atoms with E-state index in [4.69, 9.17) is 4.74 Å². The Morgan fingerprint density at radius 3 is 2.75 bits per heavy atom. The summed E-state index contributed by atoms with van der Waals surface area (Å²) in [5.41, 5.74) is 1.10. The van der Waals surface area contributed by atoms with Gasteiger partial charge in [-0.25, -0.2) is 0 Å². The molecule has 0 spiro atoms. The van der Waals surface area contributed by atoms with Gasteiger partial charge in [-0.1, -0.05) is 30.3 Å². The molecule has 0 aliphatic heterocycles. The molecule has 0 unspecified atom stereocenters. The number of benzene rings is 1. The second-order valence-electron chi connectivity index (χ2n) is 3.60. The minimum absolute atomic E-state index is 0.300. The van der Waals surface area contributed by atoms with Gasteiger partial charge >= 0.3 is 0 Å². The molecule has 0 saturated carbocycles. The molecule has 1 aromatic rings. The molecule has 0 heterocycles. The van der Waals surface area contributed by atoms with Crippen LogP contribution < -0.4 is 0 Å². The second kappa shape index (κ2) is 8.36. The number of rotatable bonds is 8. The molecule has 2 nitrogen and oxygen atoms in total. The highest BCUT2D eigenvalue weighted by Crippen LogP contribution is 2.06. The Balaban J connectivity index is 2.12. The fourth-order valence-corrected chi connectivity index (χ4v) is 2.16. The average molecular weight is 238 g/mol. The molecule has 0 atom stereocenters. The van der Waals surface area contributed by atoms with Crippen LogP contribution in [-0.4, -0.2) is 31.0 Å². The molecule has 0 fully saturated rings. The summed E-state index contributed by atoms with van der Waals surface area (Å²) in [5, 5.41) is 0. The second-order valence-corrected chi connectivity index (χ2v) is 4.71. The van der Waals surface area contributed by atoms with Crippen LogP contribution in [0.4, 0.5) is 0 Å². The van der Waals surface area contributed by atoms with E-state index < -0.39 is 0 Å². The standard InChI is InChI=1S/C13H18O2S/c1-15-8-5-9-16-11-13(14)10-12-6-3-2-4-7-12/h2-4,6-7H,5,8-11H2,1H3. The van der Waals surface area contributed by atoms with E-state index >= 15 is 0 Å².